The number of cyclic esters (lactones) is 1. The molecule has 0 bridgehead atoms. The van der Waals surface area contributed by atoms with Gasteiger partial charge in [0.05, 0.1) is 18.1 Å². The molecule has 9 nitrogen and oxygen atoms in total. The van der Waals surface area contributed by atoms with E-state index in [1.54, 1.807) is 4.90 Å². The maximum Gasteiger partial charge on any atom is 0.414 e. The lowest BCUT2D eigenvalue weighted by atomic mass is 10.2. The lowest BCUT2D eigenvalue weighted by Crippen LogP contribution is -2.51. The highest BCUT2D eigenvalue weighted by molar-refractivity contribution is 7.87. The van der Waals surface area contributed by atoms with Gasteiger partial charge in [0.25, 0.3) is 10.2 Å². The van der Waals surface area contributed by atoms with Crippen LogP contribution in [0.3, 0.4) is 0 Å². The Balaban J connectivity index is 1.57. The fourth-order valence-corrected chi connectivity index (χ4v) is 4.34. The Morgan fingerprint density at radius 3 is 2.38 bits per heavy atom. The first-order valence-corrected chi connectivity index (χ1v) is 11.5. The van der Waals surface area contributed by atoms with Crippen molar-refractivity contribution >= 4 is 44.9 Å². The molecule has 160 valence electrons. The van der Waals surface area contributed by atoms with Crippen LogP contribution in [0.5, 0.6) is 0 Å². The number of nitrogens with one attached hydrogen (secondary N) is 2. The van der Waals surface area contributed by atoms with Crippen LogP contribution in [-0.2, 0) is 14.9 Å². The molecule has 2 aliphatic rings. The summed E-state index contributed by atoms with van der Waals surface area (Å²) in [6, 6.07) is 7.67. The van der Waals surface area contributed by atoms with Gasteiger partial charge in [0.1, 0.15) is 6.10 Å². The zero-order valence-electron chi connectivity index (χ0n) is 16.6. The summed E-state index contributed by atoms with van der Waals surface area (Å²) in [5.41, 5.74) is 1.77. The van der Waals surface area contributed by atoms with E-state index in [0.717, 1.165) is 22.8 Å². The van der Waals surface area contributed by atoms with Gasteiger partial charge >= 0.3 is 6.09 Å². The highest BCUT2D eigenvalue weighted by Crippen LogP contribution is 2.25. The maximum absolute atomic E-state index is 12.2. The molecule has 11 heteroatoms. The molecule has 3 rings (SSSR count). The first-order chi connectivity index (χ1) is 13.8. The van der Waals surface area contributed by atoms with Gasteiger partial charge in [-0.3, -0.25) is 4.90 Å². The molecule has 1 atom stereocenters. The van der Waals surface area contributed by atoms with Crippen LogP contribution in [0.2, 0.25) is 0 Å². The Kier molecular flexibility index (Phi) is 6.93. The van der Waals surface area contributed by atoms with Crippen molar-refractivity contribution in [3.8, 4) is 0 Å². The highest BCUT2D eigenvalue weighted by atomic mass is 32.2. The first kappa shape index (κ1) is 21.8. The van der Waals surface area contributed by atoms with Crippen molar-refractivity contribution in [3.05, 3.63) is 24.3 Å². The molecule has 0 aliphatic carbocycles. The molecule has 1 aromatic rings. The number of ether oxygens (including phenoxy) is 1. The first-order valence-electron chi connectivity index (χ1n) is 9.62. The zero-order chi connectivity index (χ0) is 21.0. The molecule has 1 aromatic carbocycles. The summed E-state index contributed by atoms with van der Waals surface area (Å²) < 4.78 is 33.0. The van der Waals surface area contributed by atoms with Crippen molar-refractivity contribution in [2.24, 2.45) is 0 Å². The number of rotatable bonds is 7. The maximum atomic E-state index is 12.2. The molecule has 0 aromatic heterocycles. The van der Waals surface area contributed by atoms with Crippen LogP contribution in [0.1, 0.15) is 13.3 Å². The second-order valence-electron chi connectivity index (χ2n) is 6.89. The topological polar surface area (TPSA) is 94.2 Å². The molecular weight excluding hydrogens is 414 g/mol. The van der Waals surface area contributed by atoms with Crippen LogP contribution >= 0.6 is 12.2 Å². The van der Waals surface area contributed by atoms with Crippen LogP contribution in [0.25, 0.3) is 0 Å². The third kappa shape index (κ3) is 5.16. The summed E-state index contributed by atoms with van der Waals surface area (Å²) in [5.74, 6) is 0. The lowest BCUT2D eigenvalue weighted by Gasteiger charge is -2.35. The molecule has 29 heavy (non-hydrogen) atoms. The third-order valence-corrected chi connectivity index (χ3v) is 7.08. The van der Waals surface area contributed by atoms with Crippen LogP contribution in [0.15, 0.2) is 24.3 Å². The molecule has 0 saturated carbocycles. The largest absolute Gasteiger partial charge is 0.442 e. The zero-order valence-corrected chi connectivity index (χ0v) is 18.3. The van der Waals surface area contributed by atoms with Crippen molar-refractivity contribution in [1.29, 1.82) is 0 Å². The lowest BCUT2D eigenvalue weighted by molar-refractivity contribution is 0.143. The fourth-order valence-electron chi connectivity index (χ4n) is 3.35. The third-order valence-electron chi connectivity index (χ3n) is 5.09. The molecule has 2 N–H and O–H groups in total. The van der Waals surface area contributed by atoms with Gasteiger partial charge in [0.2, 0.25) is 0 Å². The smallest absolute Gasteiger partial charge is 0.414 e. The summed E-state index contributed by atoms with van der Waals surface area (Å²) >= 11 is 5.14. The molecule has 0 radical (unpaired) electrons. The van der Waals surface area contributed by atoms with Crippen molar-refractivity contribution in [2.75, 3.05) is 56.1 Å². The molecule has 0 spiro atoms. The van der Waals surface area contributed by atoms with Crippen molar-refractivity contribution in [3.63, 3.8) is 0 Å². The number of carbonyl (C=O) groups is 1. The van der Waals surface area contributed by atoms with Gasteiger partial charge in [-0.25, -0.2) is 9.52 Å². The van der Waals surface area contributed by atoms with Crippen molar-refractivity contribution in [1.82, 2.24) is 14.3 Å². The van der Waals surface area contributed by atoms with E-state index in [2.05, 4.69) is 14.9 Å². The molecule has 1 unspecified atom stereocenters. The number of piperazine rings is 1. The minimum absolute atomic E-state index is 0.242. The summed E-state index contributed by atoms with van der Waals surface area (Å²) in [4.78, 5) is 16.7. The van der Waals surface area contributed by atoms with Crippen LogP contribution in [0, 0.1) is 0 Å². The Morgan fingerprint density at radius 1 is 1.17 bits per heavy atom. The second kappa shape index (κ2) is 9.24. The van der Waals surface area contributed by atoms with Gasteiger partial charge in [-0.2, -0.15) is 12.7 Å². The Hall–Kier alpha value is -1.95. The van der Waals surface area contributed by atoms with Crippen molar-refractivity contribution < 1.29 is 17.9 Å². The van der Waals surface area contributed by atoms with Crippen LogP contribution in [-0.4, -0.2) is 76.2 Å². The molecular formula is C18H27N5O4S2. The minimum Gasteiger partial charge on any atom is -0.442 e. The summed E-state index contributed by atoms with van der Waals surface area (Å²) in [6.45, 7) is 5.03. The van der Waals surface area contributed by atoms with E-state index in [-0.39, 0.29) is 12.2 Å². The Morgan fingerprint density at radius 2 is 1.79 bits per heavy atom. The van der Waals surface area contributed by atoms with Gasteiger partial charge < -0.3 is 15.0 Å². The number of hydrogen-bond donors (Lipinski definition) is 2. The van der Waals surface area contributed by atoms with Crippen molar-refractivity contribution in [2.45, 2.75) is 19.4 Å². The van der Waals surface area contributed by atoms with E-state index in [1.807, 2.05) is 31.2 Å². The average molecular weight is 442 g/mol. The van der Waals surface area contributed by atoms with Gasteiger partial charge in [0.15, 0.2) is 0 Å². The predicted molar refractivity (Wildman–Crippen MR) is 117 cm³/mol. The van der Waals surface area contributed by atoms with Crippen LogP contribution < -0.4 is 19.8 Å². The number of thiocarbonyl (C=S) groups is 1. The van der Waals surface area contributed by atoms with E-state index in [4.69, 9.17) is 17.0 Å². The predicted octanol–water partition coefficient (Wildman–Crippen LogP) is 0.925. The average Bonchev–Trinajstić information content (AvgIpc) is 3.12. The van der Waals surface area contributed by atoms with Gasteiger partial charge in [0, 0.05) is 44.6 Å². The quantitative estimate of drug-likeness (QED) is 0.608. The number of hydrogen-bond acceptors (Lipinski definition) is 6. The monoisotopic (exact) mass is 441 g/mol. The van der Waals surface area contributed by atoms with E-state index >= 15 is 0 Å². The minimum atomic E-state index is -3.38. The normalized spacial score (nSPS) is 20.6. The molecule has 1 amide bonds. The molecule has 2 heterocycles. The van der Waals surface area contributed by atoms with E-state index in [9.17, 15) is 13.2 Å². The molecule has 2 aliphatic heterocycles. The molecule has 2 saturated heterocycles. The Labute approximate surface area is 177 Å². The number of anilines is 2. The van der Waals surface area contributed by atoms with E-state index in [0.29, 0.717) is 39.3 Å². The second-order valence-corrected chi connectivity index (χ2v) is 9.25. The van der Waals surface area contributed by atoms with Gasteiger partial charge in [-0.1, -0.05) is 19.1 Å². The summed E-state index contributed by atoms with van der Waals surface area (Å²) in [5, 5.41) is 3.11. The highest BCUT2D eigenvalue weighted by Gasteiger charge is 2.32. The standard InChI is InChI=1S/C18H27N5O4S2/c1-3-17(28)20-12-16-13-23(18(24)27-16)15-6-4-14(5-7-15)21-8-10-22(11-9-21)29(25,26)19-2/h4-7,16,19H,3,8-13H2,1-2H3,(H,20,28). The Bertz CT molecular complexity index is 838. The SMILES string of the molecule is CCC(=S)NCC1CN(c2ccc(N3CCN(S(=O)(=O)NC)CC3)cc2)C(=O)O1. The van der Waals surface area contributed by atoms with E-state index < -0.39 is 10.2 Å². The van der Waals surface area contributed by atoms with Gasteiger partial charge in [-0.15, -0.1) is 0 Å². The number of benzene rings is 1. The number of amides is 1. The van der Waals surface area contributed by atoms with E-state index in [1.165, 1.54) is 11.4 Å². The summed E-state index contributed by atoms with van der Waals surface area (Å²) in [6.07, 6.45) is 0.155. The number of carbonyl (C=O) groups excluding carboxylic acids is 1. The number of nitrogens with zero attached hydrogens (tertiary/aromatic N) is 3. The van der Waals surface area contributed by atoms with Gasteiger partial charge in [-0.05, 0) is 30.7 Å². The molecule has 2 fully saturated rings. The fraction of sp³-hybridized carbons (Fsp3) is 0.556. The summed E-state index contributed by atoms with van der Waals surface area (Å²) in [7, 11) is -1.96. The van der Waals surface area contributed by atoms with Crippen LogP contribution in [0.4, 0.5) is 16.2 Å².